The van der Waals surface area contributed by atoms with E-state index in [-0.39, 0.29) is 0 Å². The van der Waals surface area contributed by atoms with Crippen LogP contribution in [0.25, 0.3) is 0 Å². The van der Waals surface area contributed by atoms with E-state index in [1.807, 2.05) is 0 Å². The van der Waals surface area contributed by atoms with Crippen LogP contribution in [0.15, 0.2) is 41.1 Å². The third-order valence-electron chi connectivity index (χ3n) is 2.49. The van der Waals surface area contributed by atoms with Gasteiger partial charge in [-0.2, -0.15) is 0 Å². The maximum Gasteiger partial charge on any atom is 0.198 e. The molecule has 0 atom stereocenters. The fraction of sp³-hybridized carbons (Fsp3) is 0.250. The molecule has 2 aromatic rings. The Bertz CT molecular complexity index is 406. The Labute approximate surface area is 90.4 Å². The molecule has 2 rings (SSSR count). The molecule has 0 saturated carbocycles. The first-order chi connectivity index (χ1) is 7.25. The Morgan fingerprint density at radius 3 is 2.47 bits per heavy atom. The van der Waals surface area contributed by atoms with E-state index in [2.05, 4.69) is 42.9 Å². The van der Waals surface area contributed by atoms with Crippen LogP contribution >= 0.6 is 0 Å². The van der Waals surface area contributed by atoms with Crippen molar-refractivity contribution in [3.63, 3.8) is 0 Å². The normalized spacial score (nSPS) is 10.3. The van der Waals surface area contributed by atoms with Gasteiger partial charge in [-0.15, -0.1) is 0 Å². The highest BCUT2D eigenvalue weighted by molar-refractivity contribution is 6.70. The number of hydrogen-bond acceptors (Lipinski definition) is 2. The van der Waals surface area contributed by atoms with Crippen LogP contribution in [0.1, 0.15) is 11.5 Å². The molecule has 0 bridgehead atoms. The van der Waals surface area contributed by atoms with Crippen LogP contribution in [0.3, 0.4) is 0 Å². The van der Waals surface area contributed by atoms with Gasteiger partial charge in [-0.3, -0.25) is 0 Å². The average molecular weight is 199 g/mol. The minimum atomic E-state index is 0.584. The first-order valence-corrected chi connectivity index (χ1v) is 5.23. The third-order valence-corrected chi connectivity index (χ3v) is 2.49. The maximum absolute atomic E-state index is 5.20. The number of oxazole rings is 1. The summed E-state index contributed by atoms with van der Waals surface area (Å²) in [7, 11) is 0. The number of hydrogen-bond donors (Lipinski definition) is 0. The molecule has 0 amide bonds. The highest BCUT2D eigenvalue weighted by atomic mass is 16.3. The monoisotopic (exact) mass is 199 g/mol. The van der Waals surface area contributed by atoms with Crippen molar-refractivity contribution in [1.82, 2.24) is 4.98 Å². The van der Waals surface area contributed by atoms with Gasteiger partial charge >= 0.3 is 0 Å². The van der Waals surface area contributed by atoms with Gasteiger partial charge in [-0.1, -0.05) is 43.4 Å². The summed E-state index contributed by atoms with van der Waals surface area (Å²) in [4.78, 5) is 4.10. The van der Waals surface area contributed by atoms with Crippen LogP contribution in [-0.2, 0) is 6.42 Å². The zero-order valence-electron chi connectivity index (χ0n) is 9.10. The van der Waals surface area contributed by atoms with Crippen LogP contribution in [0, 0.1) is 0 Å². The lowest BCUT2D eigenvalue weighted by molar-refractivity contribution is 0.507. The predicted octanol–water partition coefficient (Wildman–Crippen LogP) is 2.23. The Morgan fingerprint density at radius 1 is 1.20 bits per heavy atom. The molecular weight excluding hydrogens is 185 g/mol. The number of benzene rings is 1. The summed E-state index contributed by atoms with van der Waals surface area (Å²) in [5, 5.41) is 0. The van der Waals surface area contributed by atoms with Gasteiger partial charge in [0.2, 0.25) is 0 Å². The summed E-state index contributed by atoms with van der Waals surface area (Å²) in [6.07, 6.45) is 4.06. The Hall–Kier alpha value is -1.51. The summed E-state index contributed by atoms with van der Waals surface area (Å²) in [6, 6.07) is 8.62. The number of aromatic nitrogens is 1. The molecule has 0 aliphatic carbocycles. The zero-order valence-corrected chi connectivity index (χ0v) is 9.10. The van der Waals surface area contributed by atoms with Crippen molar-refractivity contribution in [2.45, 2.75) is 20.1 Å². The molecule has 1 aromatic heterocycles. The van der Waals surface area contributed by atoms with E-state index in [1.165, 1.54) is 11.0 Å². The average Bonchev–Trinajstić information content (AvgIpc) is 2.71. The van der Waals surface area contributed by atoms with E-state index >= 15 is 0 Å². The molecular formula is C12H14BNO. The minimum absolute atomic E-state index is 0.584. The summed E-state index contributed by atoms with van der Waals surface area (Å²) in [6.45, 7) is 4.98. The van der Waals surface area contributed by atoms with Gasteiger partial charge in [0.25, 0.3) is 0 Å². The smallest absolute Gasteiger partial charge is 0.198 e. The largest absolute Gasteiger partial charge is 0.449 e. The molecule has 0 radical (unpaired) electrons. The second-order valence-electron chi connectivity index (χ2n) is 4.00. The zero-order chi connectivity index (χ0) is 10.7. The molecule has 0 aliphatic rings. The molecule has 0 saturated heterocycles. The van der Waals surface area contributed by atoms with E-state index in [9.17, 15) is 0 Å². The Balaban J connectivity index is 2.11. The molecule has 0 N–H and O–H groups in total. The van der Waals surface area contributed by atoms with Gasteiger partial charge in [0, 0.05) is 6.42 Å². The first kappa shape index (κ1) is 10.0. The molecule has 0 unspecified atom stereocenters. The van der Waals surface area contributed by atoms with Crippen molar-refractivity contribution in [3.05, 3.63) is 48.2 Å². The van der Waals surface area contributed by atoms with Crippen molar-refractivity contribution < 1.29 is 4.42 Å². The molecule has 2 nitrogen and oxygen atoms in total. The van der Waals surface area contributed by atoms with Gasteiger partial charge in [0.05, 0.1) is 6.20 Å². The predicted molar refractivity (Wildman–Crippen MR) is 62.9 cm³/mol. The van der Waals surface area contributed by atoms with Crippen molar-refractivity contribution in [1.29, 1.82) is 0 Å². The summed E-state index contributed by atoms with van der Waals surface area (Å²) in [5.74, 6) is 0.771. The summed E-state index contributed by atoms with van der Waals surface area (Å²) >= 11 is 0. The first-order valence-electron chi connectivity index (χ1n) is 5.23. The number of rotatable bonds is 3. The van der Waals surface area contributed by atoms with Crippen molar-refractivity contribution >= 4 is 12.2 Å². The van der Waals surface area contributed by atoms with Gasteiger partial charge < -0.3 is 4.42 Å². The second-order valence-corrected chi connectivity index (χ2v) is 4.00. The van der Waals surface area contributed by atoms with E-state index in [4.69, 9.17) is 4.42 Å². The maximum atomic E-state index is 5.20. The molecule has 15 heavy (non-hydrogen) atoms. The van der Waals surface area contributed by atoms with Crippen LogP contribution in [0.2, 0.25) is 13.6 Å². The van der Waals surface area contributed by atoms with Gasteiger partial charge in [-0.05, 0) is 5.56 Å². The van der Waals surface area contributed by atoms with Crippen molar-refractivity contribution in [2.75, 3.05) is 0 Å². The molecule has 0 fully saturated rings. The fourth-order valence-electron chi connectivity index (χ4n) is 1.54. The van der Waals surface area contributed by atoms with Crippen LogP contribution in [0.5, 0.6) is 0 Å². The van der Waals surface area contributed by atoms with Crippen LogP contribution in [0.4, 0.5) is 0 Å². The minimum Gasteiger partial charge on any atom is -0.449 e. The topological polar surface area (TPSA) is 26.0 Å². The van der Waals surface area contributed by atoms with Gasteiger partial charge in [0.1, 0.15) is 6.26 Å². The SMILES string of the molecule is CB(C)c1ccc(Cc2ncco2)cc1. The molecule has 1 heterocycles. The lowest BCUT2D eigenvalue weighted by Crippen LogP contribution is -2.21. The van der Waals surface area contributed by atoms with E-state index in [0.29, 0.717) is 6.71 Å². The molecule has 0 spiro atoms. The third kappa shape index (κ3) is 2.49. The van der Waals surface area contributed by atoms with Gasteiger partial charge in [0.15, 0.2) is 12.6 Å². The molecule has 1 aromatic carbocycles. The van der Waals surface area contributed by atoms with Crippen LogP contribution < -0.4 is 5.46 Å². The summed E-state index contributed by atoms with van der Waals surface area (Å²) < 4.78 is 5.20. The quantitative estimate of drug-likeness (QED) is 0.708. The van der Waals surface area contributed by atoms with E-state index < -0.39 is 0 Å². The fourth-order valence-corrected chi connectivity index (χ4v) is 1.54. The van der Waals surface area contributed by atoms with Crippen molar-refractivity contribution in [2.24, 2.45) is 0 Å². The van der Waals surface area contributed by atoms with Crippen molar-refractivity contribution in [3.8, 4) is 0 Å². The lowest BCUT2D eigenvalue weighted by atomic mass is 9.49. The molecule has 76 valence electrons. The Kier molecular flexibility index (Phi) is 2.90. The van der Waals surface area contributed by atoms with E-state index in [1.54, 1.807) is 12.5 Å². The Morgan fingerprint density at radius 2 is 1.93 bits per heavy atom. The van der Waals surface area contributed by atoms with E-state index in [0.717, 1.165) is 12.3 Å². The molecule has 3 heteroatoms. The summed E-state index contributed by atoms with van der Waals surface area (Å²) in [5.41, 5.74) is 2.60. The van der Waals surface area contributed by atoms with Crippen LogP contribution in [-0.4, -0.2) is 11.7 Å². The van der Waals surface area contributed by atoms with Gasteiger partial charge in [-0.25, -0.2) is 4.98 Å². The lowest BCUT2D eigenvalue weighted by Gasteiger charge is -2.03. The highest BCUT2D eigenvalue weighted by Crippen LogP contribution is 2.06. The standard InChI is InChI=1S/C12H14BNO/c1-13(2)11-5-3-10(4-6-11)9-12-14-7-8-15-12/h3-8H,9H2,1-2H3. The highest BCUT2D eigenvalue weighted by Gasteiger charge is 2.03. The second kappa shape index (κ2) is 4.34. The molecule has 0 aliphatic heterocycles. The number of nitrogens with zero attached hydrogens (tertiary/aromatic N) is 1.